The standard InChI is InChI=1S/C18H21ClFNO4S/c1-3-24-16-8-5-13(11-17(16)25-4-2)9-10-21-26(22,23)18-12-14(20)6-7-15(18)19/h5-8,11-12,21H,3-4,9-10H2,1-2H3. The van der Waals surface area contributed by atoms with E-state index in [4.69, 9.17) is 21.1 Å². The maximum Gasteiger partial charge on any atom is 0.242 e. The molecule has 1 N–H and O–H groups in total. The van der Waals surface area contributed by atoms with Crippen molar-refractivity contribution in [3.8, 4) is 11.5 Å². The number of ether oxygens (including phenoxy) is 2. The summed E-state index contributed by atoms with van der Waals surface area (Å²) in [5.74, 6) is 0.593. The van der Waals surface area contributed by atoms with Gasteiger partial charge in [-0.2, -0.15) is 0 Å². The van der Waals surface area contributed by atoms with E-state index >= 15 is 0 Å². The highest BCUT2D eigenvalue weighted by Gasteiger charge is 2.18. The van der Waals surface area contributed by atoms with Crippen LogP contribution < -0.4 is 14.2 Å². The Morgan fingerprint density at radius 3 is 2.42 bits per heavy atom. The van der Waals surface area contributed by atoms with Crippen molar-refractivity contribution in [3.05, 3.63) is 52.8 Å². The van der Waals surface area contributed by atoms with Crippen molar-refractivity contribution in [1.29, 1.82) is 0 Å². The van der Waals surface area contributed by atoms with Crippen molar-refractivity contribution in [1.82, 2.24) is 4.72 Å². The Morgan fingerprint density at radius 2 is 1.73 bits per heavy atom. The highest BCUT2D eigenvalue weighted by Crippen LogP contribution is 2.28. The second-order valence-corrected chi connectivity index (χ2v) is 7.51. The van der Waals surface area contributed by atoms with E-state index in [0.717, 1.165) is 17.7 Å². The number of hydrogen-bond donors (Lipinski definition) is 1. The summed E-state index contributed by atoms with van der Waals surface area (Å²) in [6, 6.07) is 8.67. The van der Waals surface area contributed by atoms with Crippen LogP contribution in [0.2, 0.25) is 5.02 Å². The van der Waals surface area contributed by atoms with Gasteiger partial charge in [0.05, 0.1) is 18.2 Å². The van der Waals surface area contributed by atoms with Crippen LogP contribution in [0.15, 0.2) is 41.3 Å². The molecule has 0 atom stereocenters. The third kappa shape index (κ3) is 5.33. The molecular weight excluding hydrogens is 381 g/mol. The van der Waals surface area contributed by atoms with Crippen LogP contribution in [0.1, 0.15) is 19.4 Å². The van der Waals surface area contributed by atoms with Gasteiger partial charge < -0.3 is 9.47 Å². The summed E-state index contributed by atoms with van der Waals surface area (Å²) in [4.78, 5) is -0.277. The van der Waals surface area contributed by atoms with E-state index < -0.39 is 15.8 Å². The Labute approximate surface area is 158 Å². The van der Waals surface area contributed by atoms with E-state index in [2.05, 4.69) is 4.72 Å². The van der Waals surface area contributed by atoms with Crippen LogP contribution in [0.5, 0.6) is 11.5 Å². The van der Waals surface area contributed by atoms with E-state index in [1.807, 2.05) is 26.0 Å². The Morgan fingerprint density at radius 1 is 1.04 bits per heavy atom. The van der Waals surface area contributed by atoms with Crippen LogP contribution in [0, 0.1) is 5.82 Å². The molecule has 2 aromatic carbocycles. The summed E-state index contributed by atoms with van der Waals surface area (Å²) < 4.78 is 51.4. The molecule has 0 heterocycles. The average molecular weight is 402 g/mol. The maximum absolute atomic E-state index is 13.3. The zero-order valence-corrected chi connectivity index (χ0v) is 16.2. The van der Waals surface area contributed by atoms with Crippen molar-refractivity contribution < 1.29 is 22.3 Å². The van der Waals surface area contributed by atoms with Crippen LogP contribution in [-0.2, 0) is 16.4 Å². The molecule has 2 aromatic rings. The van der Waals surface area contributed by atoms with Crippen molar-refractivity contribution in [3.63, 3.8) is 0 Å². The summed E-state index contributed by atoms with van der Waals surface area (Å²) in [5, 5.41) is -0.0291. The lowest BCUT2D eigenvalue weighted by Gasteiger charge is -2.13. The molecule has 0 spiro atoms. The fourth-order valence-electron chi connectivity index (χ4n) is 2.34. The topological polar surface area (TPSA) is 64.6 Å². The first kappa shape index (κ1) is 20.5. The lowest BCUT2D eigenvalue weighted by atomic mass is 10.1. The Bertz CT molecular complexity index is 858. The normalized spacial score (nSPS) is 11.4. The smallest absolute Gasteiger partial charge is 0.242 e. The van der Waals surface area contributed by atoms with E-state index in [1.165, 1.54) is 6.07 Å². The minimum atomic E-state index is -3.90. The van der Waals surface area contributed by atoms with Crippen LogP contribution in [-0.4, -0.2) is 28.2 Å². The number of nitrogens with one attached hydrogen (secondary N) is 1. The van der Waals surface area contributed by atoms with E-state index in [0.29, 0.717) is 31.1 Å². The molecule has 0 aliphatic carbocycles. The second-order valence-electron chi connectivity index (χ2n) is 5.37. The van der Waals surface area contributed by atoms with Crippen molar-refractivity contribution >= 4 is 21.6 Å². The molecule has 0 saturated carbocycles. The number of halogens is 2. The number of sulfonamides is 1. The van der Waals surface area contributed by atoms with Crippen molar-refractivity contribution in [2.45, 2.75) is 25.2 Å². The van der Waals surface area contributed by atoms with Gasteiger partial charge in [-0.3, -0.25) is 0 Å². The molecule has 142 valence electrons. The zero-order chi connectivity index (χ0) is 19.2. The molecule has 0 fully saturated rings. The predicted octanol–water partition coefficient (Wildman–Crippen LogP) is 3.80. The molecule has 0 aliphatic heterocycles. The molecular formula is C18H21ClFNO4S. The highest BCUT2D eigenvalue weighted by molar-refractivity contribution is 7.89. The van der Waals surface area contributed by atoms with Crippen molar-refractivity contribution in [2.75, 3.05) is 19.8 Å². The van der Waals surface area contributed by atoms with Gasteiger partial charge in [-0.05, 0) is 56.2 Å². The van der Waals surface area contributed by atoms with Gasteiger partial charge in [0.1, 0.15) is 10.7 Å². The molecule has 26 heavy (non-hydrogen) atoms. The largest absolute Gasteiger partial charge is 0.490 e. The van der Waals surface area contributed by atoms with Gasteiger partial charge in [0.15, 0.2) is 11.5 Å². The van der Waals surface area contributed by atoms with Gasteiger partial charge in [0.25, 0.3) is 0 Å². The maximum atomic E-state index is 13.3. The molecule has 0 amide bonds. The van der Waals surface area contributed by atoms with E-state index in [9.17, 15) is 12.8 Å². The summed E-state index contributed by atoms with van der Waals surface area (Å²) >= 11 is 5.86. The zero-order valence-electron chi connectivity index (χ0n) is 14.6. The highest BCUT2D eigenvalue weighted by atomic mass is 35.5. The van der Waals surface area contributed by atoms with Crippen LogP contribution in [0.3, 0.4) is 0 Å². The first-order valence-corrected chi connectivity index (χ1v) is 10.1. The Balaban J connectivity index is 2.07. The van der Waals surface area contributed by atoms with Crippen LogP contribution >= 0.6 is 11.6 Å². The lowest BCUT2D eigenvalue weighted by Crippen LogP contribution is -2.26. The molecule has 0 radical (unpaired) electrons. The Kier molecular flexibility index (Phi) is 7.25. The predicted molar refractivity (Wildman–Crippen MR) is 99.1 cm³/mol. The minimum absolute atomic E-state index is 0.0291. The van der Waals surface area contributed by atoms with Crippen molar-refractivity contribution in [2.24, 2.45) is 0 Å². The lowest BCUT2D eigenvalue weighted by molar-refractivity contribution is 0.287. The van der Waals surface area contributed by atoms with Gasteiger partial charge in [0.2, 0.25) is 10.0 Å². The molecule has 0 bridgehead atoms. The van der Waals surface area contributed by atoms with Gasteiger partial charge >= 0.3 is 0 Å². The third-order valence-corrected chi connectivity index (χ3v) is 5.44. The van der Waals surface area contributed by atoms with Gasteiger partial charge in [-0.15, -0.1) is 0 Å². The van der Waals surface area contributed by atoms with E-state index in [-0.39, 0.29) is 16.5 Å². The molecule has 2 rings (SSSR count). The summed E-state index contributed by atoms with van der Waals surface area (Å²) in [6.45, 7) is 4.91. The monoisotopic (exact) mass is 401 g/mol. The molecule has 0 saturated heterocycles. The van der Waals surface area contributed by atoms with Gasteiger partial charge in [0, 0.05) is 6.54 Å². The first-order valence-electron chi connectivity index (χ1n) is 8.20. The Hall–Kier alpha value is -1.83. The van der Waals surface area contributed by atoms with Crippen LogP contribution in [0.4, 0.5) is 4.39 Å². The molecule has 0 aliphatic rings. The second kappa shape index (κ2) is 9.21. The van der Waals surface area contributed by atoms with E-state index in [1.54, 1.807) is 6.07 Å². The van der Waals surface area contributed by atoms with Gasteiger partial charge in [-0.25, -0.2) is 17.5 Å². The summed E-state index contributed by atoms with van der Waals surface area (Å²) in [6.07, 6.45) is 0.429. The van der Waals surface area contributed by atoms with Gasteiger partial charge in [-0.1, -0.05) is 17.7 Å². The van der Waals surface area contributed by atoms with Crippen LogP contribution in [0.25, 0.3) is 0 Å². The first-order chi connectivity index (χ1) is 12.4. The number of hydrogen-bond acceptors (Lipinski definition) is 4. The summed E-state index contributed by atoms with van der Waals surface area (Å²) in [7, 11) is -3.90. The number of benzene rings is 2. The molecule has 8 heteroatoms. The summed E-state index contributed by atoms with van der Waals surface area (Å²) in [5.41, 5.74) is 0.880. The number of rotatable bonds is 9. The quantitative estimate of drug-likeness (QED) is 0.694. The fourth-order valence-corrected chi connectivity index (χ4v) is 3.88. The minimum Gasteiger partial charge on any atom is -0.490 e. The molecule has 5 nitrogen and oxygen atoms in total. The molecule has 0 aromatic heterocycles. The average Bonchev–Trinajstić information content (AvgIpc) is 2.59. The third-order valence-electron chi connectivity index (χ3n) is 3.50. The SMILES string of the molecule is CCOc1ccc(CCNS(=O)(=O)c2cc(F)ccc2Cl)cc1OCC. The molecule has 0 unspecified atom stereocenters. The fraction of sp³-hybridized carbons (Fsp3) is 0.333.